The molecule has 0 aliphatic carbocycles. The molecule has 0 radical (unpaired) electrons. The number of aromatic nitrogens is 4. The van der Waals surface area contributed by atoms with Gasteiger partial charge in [0.1, 0.15) is 24.7 Å². The van der Waals surface area contributed by atoms with E-state index in [0.717, 1.165) is 4.80 Å². The summed E-state index contributed by atoms with van der Waals surface area (Å²) in [5.74, 6) is -0.147. The number of carbonyl (C=O) groups excluding carboxylic acids is 2. The lowest BCUT2D eigenvalue weighted by Gasteiger charge is -2.26. The van der Waals surface area contributed by atoms with Gasteiger partial charge >= 0.3 is 0 Å². The van der Waals surface area contributed by atoms with E-state index in [2.05, 4.69) is 20.7 Å². The zero-order valence-electron chi connectivity index (χ0n) is 19.1. The molecule has 1 aromatic heterocycles. The molecule has 3 aromatic rings. The van der Waals surface area contributed by atoms with E-state index in [1.165, 1.54) is 29.2 Å². The molecule has 0 aliphatic heterocycles. The topological polar surface area (TPSA) is 102 Å². The molecule has 1 heterocycles. The Kier molecular flexibility index (Phi) is 7.37. The van der Waals surface area contributed by atoms with Crippen LogP contribution in [0.4, 0.5) is 10.1 Å². The normalized spacial score (nSPS) is 11.2. The van der Waals surface area contributed by atoms with Crippen molar-refractivity contribution in [3.05, 3.63) is 54.3 Å². The molecule has 0 saturated heterocycles. The molecule has 2 aromatic carbocycles. The monoisotopic (exact) mass is 454 g/mol. The summed E-state index contributed by atoms with van der Waals surface area (Å²) in [6, 6.07) is 12.6. The van der Waals surface area contributed by atoms with Crippen LogP contribution in [-0.2, 0) is 16.1 Å². The SMILES string of the molecule is CCOc1ccc(N(CC(=O)NC(C)(C)C)C(=O)Cn2nnc(-c3ccc(F)cc3)n2)cc1. The van der Waals surface area contributed by atoms with Crippen LogP contribution in [0.5, 0.6) is 5.75 Å². The Morgan fingerprint density at radius 3 is 2.36 bits per heavy atom. The fourth-order valence-electron chi connectivity index (χ4n) is 3.04. The number of amides is 2. The standard InChI is InChI=1S/C23H27FN6O3/c1-5-33-19-12-10-18(11-13-19)29(14-20(31)25-23(2,3)4)21(32)15-30-27-22(26-28-30)16-6-8-17(24)9-7-16/h6-13H,5,14-15H2,1-4H3,(H,25,31). The Morgan fingerprint density at radius 2 is 1.76 bits per heavy atom. The van der Waals surface area contributed by atoms with E-state index in [1.54, 1.807) is 24.3 Å². The number of rotatable bonds is 8. The number of hydrogen-bond acceptors (Lipinski definition) is 6. The number of halogens is 1. The van der Waals surface area contributed by atoms with Gasteiger partial charge in [0.2, 0.25) is 11.7 Å². The molecule has 3 rings (SSSR count). The van der Waals surface area contributed by atoms with Crippen molar-refractivity contribution in [2.24, 2.45) is 0 Å². The van der Waals surface area contributed by atoms with Gasteiger partial charge in [-0.3, -0.25) is 9.59 Å². The van der Waals surface area contributed by atoms with Gasteiger partial charge in [-0.15, -0.1) is 10.2 Å². The molecule has 0 unspecified atom stereocenters. The summed E-state index contributed by atoms with van der Waals surface area (Å²) < 4.78 is 18.6. The van der Waals surface area contributed by atoms with Gasteiger partial charge < -0.3 is 15.0 Å². The quantitative estimate of drug-likeness (QED) is 0.562. The first kappa shape index (κ1) is 23.8. The van der Waals surface area contributed by atoms with E-state index < -0.39 is 11.4 Å². The highest BCUT2D eigenvalue weighted by Crippen LogP contribution is 2.20. The molecule has 2 amide bonds. The summed E-state index contributed by atoms with van der Waals surface area (Å²) in [6.45, 7) is 7.59. The van der Waals surface area contributed by atoms with Crippen molar-refractivity contribution in [1.82, 2.24) is 25.5 Å². The number of benzene rings is 2. The van der Waals surface area contributed by atoms with E-state index in [9.17, 15) is 14.0 Å². The smallest absolute Gasteiger partial charge is 0.251 e. The third-order valence-corrected chi connectivity index (χ3v) is 4.41. The van der Waals surface area contributed by atoms with Crippen LogP contribution in [0, 0.1) is 5.82 Å². The fourth-order valence-corrected chi connectivity index (χ4v) is 3.04. The molecule has 0 aliphatic rings. The van der Waals surface area contributed by atoms with E-state index in [1.807, 2.05) is 27.7 Å². The lowest BCUT2D eigenvalue weighted by Crippen LogP contribution is -2.48. The largest absolute Gasteiger partial charge is 0.494 e. The van der Waals surface area contributed by atoms with Gasteiger partial charge in [-0.05, 0) is 81.4 Å². The summed E-state index contributed by atoms with van der Waals surface area (Å²) in [5, 5.41) is 14.9. The van der Waals surface area contributed by atoms with Crippen molar-refractivity contribution in [3.63, 3.8) is 0 Å². The Balaban J connectivity index is 1.79. The minimum absolute atomic E-state index is 0.177. The zero-order chi connectivity index (χ0) is 24.0. The average molecular weight is 455 g/mol. The van der Waals surface area contributed by atoms with E-state index >= 15 is 0 Å². The summed E-state index contributed by atoms with van der Waals surface area (Å²) in [4.78, 5) is 28.2. The summed E-state index contributed by atoms with van der Waals surface area (Å²) in [7, 11) is 0. The zero-order valence-corrected chi connectivity index (χ0v) is 19.1. The molecule has 0 spiro atoms. The van der Waals surface area contributed by atoms with Crippen molar-refractivity contribution in [3.8, 4) is 17.1 Å². The van der Waals surface area contributed by atoms with Crippen LogP contribution in [0.3, 0.4) is 0 Å². The number of anilines is 1. The number of ether oxygens (including phenoxy) is 1. The number of hydrogen-bond donors (Lipinski definition) is 1. The van der Waals surface area contributed by atoms with Crippen LogP contribution in [0.2, 0.25) is 0 Å². The maximum absolute atomic E-state index is 13.2. The highest BCUT2D eigenvalue weighted by molar-refractivity contribution is 5.98. The van der Waals surface area contributed by atoms with Crippen molar-refractivity contribution >= 4 is 17.5 Å². The van der Waals surface area contributed by atoms with Gasteiger partial charge in [0.05, 0.1) is 6.61 Å². The van der Waals surface area contributed by atoms with Gasteiger partial charge in [-0.1, -0.05) is 0 Å². The second kappa shape index (κ2) is 10.2. The van der Waals surface area contributed by atoms with Gasteiger partial charge in [0, 0.05) is 16.8 Å². The maximum Gasteiger partial charge on any atom is 0.251 e. The van der Waals surface area contributed by atoms with Crippen LogP contribution in [0.1, 0.15) is 27.7 Å². The third-order valence-electron chi connectivity index (χ3n) is 4.41. The van der Waals surface area contributed by atoms with Crippen LogP contribution in [0.15, 0.2) is 48.5 Å². The molecule has 1 N–H and O–H groups in total. The molecule has 9 nitrogen and oxygen atoms in total. The molecular formula is C23H27FN6O3. The summed E-state index contributed by atoms with van der Waals surface area (Å²) in [6.07, 6.45) is 0. The molecular weight excluding hydrogens is 427 g/mol. The fraction of sp³-hybridized carbons (Fsp3) is 0.348. The second-order valence-corrected chi connectivity index (χ2v) is 8.36. The van der Waals surface area contributed by atoms with Crippen molar-refractivity contribution < 1.29 is 18.7 Å². The predicted octanol–water partition coefficient (Wildman–Crippen LogP) is 2.83. The van der Waals surface area contributed by atoms with Crippen LogP contribution >= 0.6 is 0 Å². The Bertz CT molecular complexity index is 1090. The highest BCUT2D eigenvalue weighted by atomic mass is 19.1. The molecule has 0 atom stereocenters. The maximum atomic E-state index is 13.2. The van der Waals surface area contributed by atoms with Gasteiger partial charge in [0.15, 0.2) is 0 Å². The van der Waals surface area contributed by atoms with Crippen molar-refractivity contribution in [2.75, 3.05) is 18.1 Å². The first-order valence-corrected chi connectivity index (χ1v) is 10.5. The first-order valence-electron chi connectivity index (χ1n) is 10.5. The number of carbonyl (C=O) groups is 2. The predicted molar refractivity (Wildman–Crippen MR) is 121 cm³/mol. The summed E-state index contributed by atoms with van der Waals surface area (Å²) >= 11 is 0. The van der Waals surface area contributed by atoms with Crippen LogP contribution < -0.4 is 15.0 Å². The van der Waals surface area contributed by atoms with E-state index in [4.69, 9.17) is 4.74 Å². The van der Waals surface area contributed by atoms with Crippen LogP contribution in [0.25, 0.3) is 11.4 Å². The number of nitrogens with zero attached hydrogens (tertiary/aromatic N) is 5. The van der Waals surface area contributed by atoms with Gasteiger partial charge in [-0.2, -0.15) is 4.80 Å². The lowest BCUT2D eigenvalue weighted by molar-refractivity contribution is -0.125. The van der Waals surface area contributed by atoms with E-state index in [0.29, 0.717) is 23.6 Å². The van der Waals surface area contributed by atoms with Crippen LogP contribution in [-0.4, -0.2) is 50.7 Å². The molecule has 0 saturated carbocycles. The minimum Gasteiger partial charge on any atom is -0.494 e. The first-order chi connectivity index (χ1) is 15.6. The average Bonchev–Trinajstić information content (AvgIpc) is 3.20. The third kappa shape index (κ3) is 6.83. The lowest BCUT2D eigenvalue weighted by atomic mass is 10.1. The van der Waals surface area contributed by atoms with Crippen molar-refractivity contribution in [1.29, 1.82) is 0 Å². The van der Waals surface area contributed by atoms with E-state index in [-0.39, 0.29) is 30.6 Å². The van der Waals surface area contributed by atoms with Crippen molar-refractivity contribution in [2.45, 2.75) is 39.8 Å². The minimum atomic E-state index is -0.442. The Labute approximate surface area is 191 Å². The molecule has 0 fully saturated rings. The summed E-state index contributed by atoms with van der Waals surface area (Å²) in [5.41, 5.74) is 0.664. The van der Waals surface area contributed by atoms with Gasteiger partial charge in [0.25, 0.3) is 5.91 Å². The molecule has 174 valence electrons. The second-order valence-electron chi connectivity index (χ2n) is 8.36. The number of tetrazole rings is 1. The molecule has 0 bridgehead atoms. The molecule has 33 heavy (non-hydrogen) atoms. The Morgan fingerprint density at radius 1 is 1.09 bits per heavy atom. The highest BCUT2D eigenvalue weighted by Gasteiger charge is 2.23. The molecule has 10 heteroatoms. The number of nitrogens with one attached hydrogen (secondary N) is 1. The van der Waals surface area contributed by atoms with Gasteiger partial charge in [-0.25, -0.2) is 4.39 Å². The Hall–Kier alpha value is -3.82.